The quantitative estimate of drug-likeness (QED) is 0.678. The van der Waals surface area contributed by atoms with Crippen LogP contribution >= 0.6 is 12.2 Å². The molecule has 0 aromatic heterocycles. The molecule has 0 amide bonds. The van der Waals surface area contributed by atoms with Crippen LogP contribution in [0, 0.1) is 0 Å². The molecule has 0 fully saturated rings. The maximum absolute atomic E-state index is 5.15. The molecular weight excluding hydrogens is 180 g/mol. The average molecular weight is 198 g/mol. The van der Waals surface area contributed by atoms with Crippen LogP contribution in [-0.4, -0.2) is 17.1 Å². The maximum atomic E-state index is 5.15. The molecule has 74 valence electrons. The molecule has 1 rings (SSSR count). The van der Waals surface area contributed by atoms with Gasteiger partial charge in [0.15, 0.2) is 0 Å². The van der Waals surface area contributed by atoms with Crippen LogP contribution in [0.25, 0.3) is 0 Å². The Hall–Kier alpha value is -0.570. The maximum Gasteiger partial charge on any atom is 0.101 e. The van der Waals surface area contributed by atoms with Gasteiger partial charge in [-0.1, -0.05) is 19.1 Å². The van der Waals surface area contributed by atoms with Crippen LogP contribution in [0.2, 0.25) is 0 Å². The van der Waals surface area contributed by atoms with E-state index in [2.05, 4.69) is 31.4 Å². The van der Waals surface area contributed by atoms with Crippen molar-refractivity contribution >= 4 is 17.2 Å². The zero-order chi connectivity index (χ0) is 9.90. The molecule has 1 aliphatic rings. The summed E-state index contributed by atoms with van der Waals surface area (Å²) in [4.78, 5) is 0.842. The molecule has 0 saturated carbocycles. The molecule has 1 heterocycles. The first-order chi connectivity index (χ1) is 6.03. The van der Waals surface area contributed by atoms with Crippen LogP contribution < -0.4 is 10.6 Å². The van der Waals surface area contributed by atoms with E-state index < -0.39 is 0 Å². The molecule has 3 heteroatoms. The van der Waals surface area contributed by atoms with Gasteiger partial charge in [-0.25, -0.2) is 0 Å². The van der Waals surface area contributed by atoms with Crippen molar-refractivity contribution in [1.29, 1.82) is 0 Å². The molecule has 0 aromatic rings. The van der Waals surface area contributed by atoms with Crippen molar-refractivity contribution in [2.45, 2.75) is 39.2 Å². The molecule has 0 aromatic carbocycles. The monoisotopic (exact) mass is 198 g/mol. The highest BCUT2D eigenvalue weighted by Gasteiger charge is 2.23. The van der Waals surface area contributed by atoms with E-state index in [0.717, 1.165) is 24.4 Å². The van der Waals surface area contributed by atoms with Crippen LogP contribution in [0.4, 0.5) is 0 Å². The van der Waals surface area contributed by atoms with E-state index in [-0.39, 0.29) is 5.54 Å². The number of hydrogen-bond donors (Lipinski definition) is 2. The smallest absolute Gasteiger partial charge is 0.101 e. The normalized spacial score (nSPS) is 20.5. The van der Waals surface area contributed by atoms with E-state index in [1.54, 1.807) is 0 Å². The predicted octanol–water partition coefficient (Wildman–Crippen LogP) is 1.97. The highest BCUT2D eigenvalue weighted by Crippen LogP contribution is 2.18. The van der Waals surface area contributed by atoms with Crippen LogP contribution in [0.3, 0.4) is 0 Å². The van der Waals surface area contributed by atoms with Gasteiger partial charge in [0.25, 0.3) is 0 Å². The second-order valence-electron chi connectivity index (χ2n) is 4.15. The Morgan fingerprint density at radius 1 is 1.62 bits per heavy atom. The van der Waals surface area contributed by atoms with Gasteiger partial charge < -0.3 is 10.6 Å². The van der Waals surface area contributed by atoms with E-state index in [1.807, 2.05) is 6.08 Å². The fraction of sp³-hybridized carbons (Fsp3) is 0.700. The lowest BCUT2D eigenvalue weighted by Gasteiger charge is -2.32. The summed E-state index contributed by atoms with van der Waals surface area (Å²) in [6, 6.07) is 0. The molecule has 0 spiro atoms. The lowest BCUT2D eigenvalue weighted by Crippen LogP contribution is -2.46. The van der Waals surface area contributed by atoms with Crippen LogP contribution in [-0.2, 0) is 0 Å². The van der Waals surface area contributed by atoms with E-state index in [4.69, 9.17) is 12.2 Å². The Morgan fingerprint density at radius 3 is 2.85 bits per heavy atom. The molecule has 2 nitrogen and oxygen atoms in total. The van der Waals surface area contributed by atoms with Crippen molar-refractivity contribution < 1.29 is 0 Å². The highest BCUT2D eigenvalue weighted by atomic mass is 32.1. The van der Waals surface area contributed by atoms with Crippen molar-refractivity contribution in [3.05, 3.63) is 11.8 Å². The van der Waals surface area contributed by atoms with Gasteiger partial charge in [-0.15, -0.1) is 0 Å². The third kappa shape index (κ3) is 3.35. The second kappa shape index (κ2) is 4.09. The number of hydrogen-bond acceptors (Lipinski definition) is 2. The molecular formula is C10H18N2S. The van der Waals surface area contributed by atoms with Crippen LogP contribution in [0.1, 0.15) is 33.6 Å². The van der Waals surface area contributed by atoms with Gasteiger partial charge in [0.1, 0.15) is 4.99 Å². The van der Waals surface area contributed by atoms with Gasteiger partial charge in [-0.2, -0.15) is 0 Å². The summed E-state index contributed by atoms with van der Waals surface area (Å²) in [5, 5.41) is 6.67. The SMILES string of the molecule is CCCNC1=CC(=S)NC(C)(C)C1. The standard InChI is InChI=1S/C10H18N2S/c1-4-5-11-8-6-9(13)12-10(2,3)7-8/h6,11H,4-5,7H2,1-3H3,(H,12,13). The molecule has 1 aliphatic heterocycles. The summed E-state index contributed by atoms with van der Waals surface area (Å²) in [6.45, 7) is 7.53. The zero-order valence-corrected chi connectivity index (χ0v) is 9.42. The van der Waals surface area contributed by atoms with Gasteiger partial charge >= 0.3 is 0 Å². The van der Waals surface area contributed by atoms with Gasteiger partial charge in [0.05, 0.1) is 0 Å². The summed E-state index contributed by atoms with van der Waals surface area (Å²) in [5.41, 5.74) is 1.36. The minimum Gasteiger partial charge on any atom is -0.388 e. The van der Waals surface area contributed by atoms with Crippen molar-refractivity contribution in [1.82, 2.24) is 10.6 Å². The molecule has 0 saturated heterocycles. The highest BCUT2D eigenvalue weighted by molar-refractivity contribution is 7.80. The number of thiocarbonyl (C=S) groups is 1. The van der Waals surface area contributed by atoms with Crippen molar-refractivity contribution in [3.63, 3.8) is 0 Å². The van der Waals surface area contributed by atoms with E-state index in [1.165, 1.54) is 5.70 Å². The first-order valence-electron chi connectivity index (χ1n) is 4.80. The van der Waals surface area contributed by atoms with Gasteiger partial charge in [0, 0.05) is 24.2 Å². The Bertz CT molecular complexity index is 231. The van der Waals surface area contributed by atoms with Gasteiger partial charge in [-0.05, 0) is 26.3 Å². The summed E-state index contributed by atoms with van der Waals surface area (Å²) >= 11 is 5.15. The fourth-order valence-corrected chi connectivity index (χ4v) is 1.92. The number of nitrogens with one attached hydrogen (secondary N) is 2. The summed E-state index contributed by atoms with van der Waals surface area (Å²) in [6.07, 6.45) is 4.20. The minimum atomic E-state index is 0.0991. The number of rotatable bonds is 3. The first-order valence-corrected chi connectivity index (χ1v) is 5.21. The molecule has 0 bridgehead atoms. The Morgan fingerprint density at radius 2 is 2.31 bits per heavy atom. The minimum absolute atomic E-state index is 0.0991. The molecule has 0 radical (unpaired) electrons. The second-order valence-corrected chi connectivity index (χ2v) is 4.59. The lowest BCUT2D eigenvalue weighted by molar-refractivity contribution is 0.438. The summed E-state index contributed by atoms with van der Waals surface area (Å²) in [7, 11) is 0. The Balaban J connectivity index is 2.59. The topological polar surface area (TPSA) is 24.1 Å². The Kier molecular flexibility index (Phi) is 3.31. The first kappa shape index (κ1) is 10.5. The van der Waals surface area contributed by atoms with Crippen molar-refractivity contribution in [2.75, 3.05) is 6.54 Å². The molecule has 2 N–H and O–H groups in total. The molecule has 0 unspecified atom stereocenters. The molecule has 0 aliphatic carbocycles. The van der Waals surface area contributed by atoms with Gasteiger partial charge in [-0.3, -0.25) is 0 Å². The van der Waals surface area contributed by atoms with E-state index >= 15 is 0 Å². The van der Waals surface area contributed by atoms with E-state index in [0.29, 0.717) is 0 Å². The lowest BCUT2D eigenvalue weighted by atomic mass is 9.95. The summed E-state index contributed by atoms with van der Waals surface area (Å²) < 4.78 is 0. The molecule has 0 atom stereocenters. The van der Waals surface area contributed by atoms with Crippen molar-refractivity contribution in [3.8, 4) is 0 Å². The van der Waals surface area contributed by atoms with Gasteiger partial charge in [0.2, 0.25) is 0 Å². The van der Waals surface area contributed by atoms with Crippen LogP contribution in [0.15, 0.2) is 11.8 Å². The molecule has 13 heavy (non-hydrogen) atoms. The zero-order valence-electron chi connectivity index (χ0n) is 8.61. The van der Waals surface area contributed by atoms with Crippen molar-refractivity contribution in [2.24, 2.45) is 0 Å². The largest absolute Gasteiger partial charge is 0.388 e. The van der Waals surface area contributed by atoms with E-state index in [9.17, 15) is 0 Å². The predicted molar refractivity (Wildman–Crippen MR) is 60.8 cm³/mol. The van der Waals surface area contributed by atoms with Crippen LogP contribution in [0.5, 0.6) is 0 Å². The fourth-order valence-electron chi connectivity index (χ4n) is 1.50. The summed E-state index contributed by atoms with van der Waals surface area (Å²) in [5.74, 6) is 0. The Labute approximate surface area is 85.8 Å². The average Bonchev–Trinajstić information content (AvgIpc) is 1.97. The third-order valence-electron chi connectivity index (χ3n) is 2.00. The third-order valence-corrected chi connectivity index (χ3v) is 2.22.